The van der Waals surface area contributed by atoms with E-state index in [-0.39, 0.29) is 17.7 Å². The summed E-state index contributed by atoms with van der Waals surface area (Å²) >= 11 is 0. The van der Waals surface area contributed by atoms with Crippen LogP contribution in [0.4, 0.5) is 0 Å². The highest BCUT2D eigenvalue weighted by Crippen LogP contribution is 2.31. The van der Waals surface area contributed by atoms with Gasteiger partial charge in [-0.1, -0.05) is 18.2 Å². The van der Waals surface area contributed by atoms with Crippen LogP contribution in [0.25, 0.3) is 11.0 Å². The van der Waals surface area contributed by atoms with Gasteiger partial charge in [0.05, 0.1) is 12.5 Å². The lowest BCUT2D eigenvalue weighted by molar-refractivity contribution is -0.141. The zero-order valence-electron chi connectivity index (χ0n) is 12.5. The van der Waals surface area contributed by atoms with Gasteiger partial charge in [0.25, 0.3) is 0 Å². The van der Waals surface area contributed by atoms with Gasteiger partial charge < -0.3 is 14.8 Å². The molecule has 3 rings (SSSR count). The Balaban J connectivity index is 1.63. The number of carbonyl (C=O) groups excluding carboxylic acids is 1. The molecule has 5 nitrogen and oxygen atoms in total. The number of aliphatic carboxylic acids is 1. The SMILES string of the molecule is Cc1c(CNC(=O)[C@@H]2CC[C@H](C(=O)O)C2)oc2ccccc12. The molecule has 0 bridgehead atoms. The van der Waals surface area contributed by atoms with Gasteiger partial charge in [0, 0.05) is 16.9 Å². The van der Waals surface area contributed by atoms with Gasteiger partial charge >= 0.3 is 5.97 Å². The minimum Gasteiger partial charge on any atom is -0.481 e. The molecule has 2 atom stereocenters. The molecule has 116 valence electrons. The fourth-order valence-electron chi connectivity index (χ4n) is 3.15. The van der Waals surface area contributed by atoms with Crippen molar-refractivity contribution in [3.63, 3.8) is 0 Å². The summed E-state index contributed by atoms with van der Waals surface area (Å²) in [5, 5.41) is 12.9. The zero-order valence-corrected chi connectivity index (χ0v) is 12.5. The molecule has 1 aliphatic rings. The molecule has 2 aromatic rings. The Bertz CT molecular complexity index is 719. The molecular weight excluding hydrogens is 282 g/mol. The number of aryl methyl sites for hydroxylation is 1. The van der Waals surface area contributed by atoms with Crippen molar-refractivity contribution < 1.29 is 19.1 Å². The van der Waals surface area contributed by atoms with E-state index in [1.54, 1.807) is 0 Å². The summed E-state index contributed by atoms with van der Waals surface area (Å²) in [7, 11) is 0. The topological polar surface area (TPSA) is 79.5 Å². The molecule has 22 heavy (non-hydrogen) atoms. The van der Waals surface area contributed by atoms with Crippen molar-refractivity contribution in [2.45, 2.75) is 32.7 Å². The number of amides is 1. The molecule has 1 fully saturated rings. The molecule has 2 N–H and O–H groups in total. The van der Waals surface area contributed by atoms with E-state index in [1.807, 2.05) is 31.2 Å². The molecule has 0 saturated heterocycles. The molecule has 1 aliphatic carbocycles. The molecule has 1 aromatic carbocycles. The second-order valence-corrected chi connectivity index (χ2v) is 5.91. The Hall–Kier alpha value is -2.30. The average molecular weight is 301 g/mol. The van der Waals surface area contributed by atoms with E-state index >= 15 is 0 Å². The Morgan fingerprint density at radius 1 is 1.27 bits per heavy atom. The first-order chi connectivity index (χ1) is 10.6. The largest absolute Gasteiger partial charge is 0.481 e. The Morgan fingerprint density at radius 2 is 2.00 bits per heavy atom. The summed E-state index contributed by atoms with van der Waals surface area (Å²) in [6, 6.07) is 7.77. The van der Waals surface area contributed by atoms with Crippen LogP contribution in [0.5, 0.6) is 0 Å². The molecule has 1 heterocycles. The Morgan fingerprint density at radius 3 is 2.68 bits per heavy atom. The molecule has 1 amide bonds. The smallest absolute Gasteiger partial charge is 0.306 e. The number of fused-ring (bicyclic) bond motifs is 1. The summed E-state index contributed by atoms with van der Waals surface area (Å²) in [5.74, 6) is -0.719. The summed E-state index contributed by atoms with van der Waals surface area (Å²) in [6.07, 6.45) is 1.65. The quantitative estimate of drug-likeness (QED) is 0.910. The van der Waals surface area contributed by atoms with E-state index in [0.717, 1.165) is 22.3 Å². The molecule has 0 unspecified atom stereocenters. The second-order valence-electron chi connectivity index (χ2n) is 5.91. The standard InChI is InChI=1S/C17H19NO4/c1-10-13-4-2-3-5-14(13)22-15(10)9-18-16(19)11-6-7-12(8-11)17(20)21/h2-5,11-12H,6-9H2,1H3,(H,18,19)(H,20,21)/t11-,12+/m1/s1. The highest BCUT2D eigenvalue weighted by atomic mass is 16.4. The number of benzene rings is 1. The van der Waals surface area contributed by atoms with Crippen LogP contribution in [-0.4, -0.2) is 17.0 Å². The third-order valence-electron chi connectivity index (χ3n) is 4.52. The highest BCUT2D eigenvalue weighted by Gasteiger charge is 2.33. The van der Waals surface area contributed by atoms with E-state index in [4.69, 9.17) is 9.52 Å². The maximum Gasteiger partial charge on any atom is 0.306 e. The second kappa shape index (κ2) is 5.83. The van der Waals surface area contributed by atoms with Crippen molar-refractivity contribution in [2.75, 3.05) is 0 Å². The van der Waals surface area contributed by atoms with Crippen LogP contribution in [0.1, 0.15) is 30.6 Å². The number of hydrogen-bond acceptors (Lipinski definition) is 3. The van der Waals surface area contributed by atoms with Crippen molar-refractivity contribution in [1.82, 2.24) is 5.32 Å². The van der Waals surface area contributed by atoms with Gasteiger partial charge in [-0.2, -0.15) is 0 Å². The number of carbonyl (C=O) groups is 2. The highest BCUT2D eigenvalue weighted by molar-refractivity contribution is 5.83. The van der Waals surface area contributed by atoms with Crippen LogP contribution in [0.3, 0.4) is 0 Å². The Kier molecular flexibility index (Phi) is 3.88. The molecule has 0 spiro atoms. The lowest BCUT2D eigenvalue weighted by atomic mass is 10.0. The molecule has 1 saturated carbocycles. The first-order valence-electron chi connectivity index (χ1n) is 7.53. The third-order valence-corrected chi connectivity index (χ3v) is 4.52. The van der Waals surface area contributed by atoms with Gasteiger partial charge in [-0.3, -0.25) is 9.59 Å². The molecule has 1 aromatic heterocycles. The Labute approximate surface area is 128 Å². The normalized spacial score (nSPS) is 21.1. The van der Waals surface area contributed by atoms with Crippen LogP contribution in [0.2, 0.25) is 0 Å². The van der Waals surface area contributed by atoms with Crippen LogP contribution < -0.4 is 5.32 Å². The third kappa shape index (κ3) is 2.71. The van der Waals surface area contributed by atoms with E-state index < -0.39 is 5.97 Å². The van der Waals surface area contributed by atoms with Crippen molar-refractivity contribution in [1.29, 1.82) is 0 Å². The predicted molar refractivity (Wildman–Crippen MR) is 81.3 cm³/mol. The van der Waals surface area contributed by atoms with Gasteiger partial charge in [-0.25, -0.2) is 0 Å². The number of furan rings is 1. The maximum absolute atomic E-state index is 12.2. The number of hydrogen-bond donors (Lipinski definition) is 2. The fourth-order valence-corrected chi connectivity index (χ4v) is 3.15. The first-order valence-corrected chi connectivity index (χ1v) is 7.53. The van der Waals surface area contributed by atoms with Crippen LogP contribution >= 0.6 is 0 Å². The molecular formula is C17H19NO4. The molecule has 0 aliphatic heterocycles. The van der Waals surface area contributed by atoms with Crippen LogP contribution in [0.15, 0.2) is 28.7 Å². The molecule has 5 heteroatoms. The monoisotopic (exact) mass is 301 g/mol. The zero-order chi connectivity index (χ0) is 15.7. The van der Waals surface area contributed by atoms with E-state index in [9.17, 15) is 9.59 Å². The lowest BCUT2D eigenvalue weighted by Gasteiger charge is -2.10. The van der Waals surface area contributed by atoms with Crippen molar-refractivity contribution in [3.05, 3.63) is 35.6 Å². The summed E-state index contributed by atoms with van der Waals surface area (Å²) in [4.78, 5) is 23.1. The van der Waals surface area contributed by atoms with Crippen molar-refractivity contribution in [2.24, 2.45) is 11.8 Å². The van der Waals surface area contributed by atoms with Crippen LogP contribution in [-0.2, 0) is 16.1 Å². The fraction of sp³-hybridized carbons (Fsp3) is 0.412. The van der Waals surface area contributed by atoms with Gasteiger partial charge in [-0.15, -0.1) is 0 Å². The van der Waals surface area contributed by atoms with Gasteiger partial charge in [-0.05, 0) is 32.3 Å². The lowest BCUT2D eigenvalue weighted by Crippen LogP contribution is -2.29. The minimum absolute atomic E-state index is 0.0800. The summed E-state index contributed by atoms with van der Waals surface area (Å²) in [5.41, 5.74) is 1.85. The summed E-state index contributed by atoms with van der Waals surface area (Å²) < 4.78 is 5.76. The number of carboxylic acid groups (broad SMARTS) is 1. The minimum atomic E-state index is -0.802. The summed E-state index contributed by atoms with van der Waals surface area (Å²) in [6.45, 7) is 2.32. The number of para-hydroxylation sites is 1. The number of nitrogens with one attached hydrogen (secondary N) is 1. The predicted octanol–water partition coefficient (Wildman–Crippen LogP) is 2.86. The van der Waals surface area contributed by atoms with Crippen molar-refractivity contribution >= 4 is 22.8 Å². The number of carboxylic acids is 1. The van der Waals surface area contributed by atoms with Gasteiger partial charge in [0.1, 0.15) is 11.3 Å². The van der Waals surface area contributed by atoms with Crippen molar-refractivity contribution in [3.8, 4) is 0 Å². The maximum atomic E-state index is 12.2. The van der Waals surface area contributed by atoms with E-state index in [2.05, 4.69) is 5.32 Å². The van der Waals surface area contributed by atoms with Gasteiger partial charge in [0.15, 0.2) is 0 Å². The average Bonchev–Trinajstić information content (AvgIpc) is 3.11. The van der Waals surface area contributed by atoms with E-state index in [1.165, 1.54) is 0 Å². The first kappa shape index (κ1) is 14.6. The van der Waals surface area contributed by atoms with Gasteiger partial charge in [0.2, 0.25) is 5.91 Å². The van der Waals surface area contributed by atoms with E-state index in [0.29, 0.717) is 25.8 Å². The number of rotatable bonds is 4. The van der Waals surface area contributed by atoms with Crippen LogP contribution in [0, 0.1) is 18.8 Å². The molecule has 0 radical (unpaired) electrons.